The van der Waals surface area contributed by atoms with Gasteiger partial charge in [0.1, 0.15) is 0 Å². The molecule has 1 atom stereocenters. The molecular formula is C18H20O2S. The molecule has 2 nitrogen and oxygen atoms in total. The van der Waals surface area contributed by atoms with Crippen molar-refractivity contribution in [2.45, 2.75) is 31.6 Å². The molecule has 0 aromatic heterocycles. The van der Waals surface area contributed by atoms with E-state index in [0.717, 1.165) is 5.56 Å². The third-order valence-electron chi connectivity index (χ3n) is 3.41. The van der Waals surface area contributed by atoms with E-state index in [4.69, 9.17) is 0 Å². The predicted molar refractivity (Wildman–Crippen MR) is 87.3 cm³/mol. The number of rotatable bonds is 5. The van der Waals surface area contributed by atoms with E-state index in [2.05, 4.69) is 13.8 Å². The van der Waals surface area contributed by atoms with Crippen molar-refractivity contribution in [1.82, 2.24) is 0 Å². The molecule has 21 heavy (non-hydrogen) atoms. The zero-order valence-corrected chi connectivity index (χ0v) is 13.4. The third-order valence-corrected chi connectivity index (χ3v) is 4.72. The van der Waals surface area contributed by atoms with Gasteiger partial charge in [0.2, 0.25) is 0 Å². The van der Waals surface area contributed by atoms with E-state index in [1.165, 1.54) is 5.56 Å². The van der Waals surface area contributed by atoms with Crippen molar-refractivity contribution >= 4 is 16.6 Å². The number of benzene rings is 2. The first kappa shape index (κ1) is 15.6. The number of ketones is 1. The number of carbonyl (C=O) groups is 1. The van der Waals surface area contributed by atoms with E-state index >= 15 is 0 Å². The molecule has 0 radical (unpaired) electrons. The predicted octanol–water partition coefficient (Wildman–Crippen LogP) is 4.11. The minimum absolute atomic E-state index is 0.0322. The zero-order chi connectivity index (χ0) is 15.4. The normalized spacial score (nSPS) is 12.4. The molecule has 0 aliphatic heterocycles. The van der Waals surface area contributed by atoms with E-state index < -0.39 is 10.8 Å². The van der Waals surface area contributed by atoms with Crippen LogP contribution in [-0.4, -0.2) is 15.7 Å². The number of hydrogen-bond acceptors (Lipinski definition) is 2. The highest BCUT2D eigenvalue weighted by molar-refractivity contribution is 7.85. The summed E-state index contributed by atoms with van der Waals surface area (Å²) in [5.74, 6) is 0.394. The molecule has 2 aromatic rings. The van der Waals surface area contributed by atoms with Gasteiger partial charge in [-0.2, -0.15) is 0 Å². The maximum atomic E-state index is 12.2. The van der Waals surface area contributed by atoms with Crippen LogP contribution in [0.2, 0.25) is 0 Å². The van der Waals surface area contributed by atoms with E-state index in [-0.39, 0.29) is 11.5 Å². The minimum Gasteiger partial charge on any atom is -0.293 e. The maximum absolute atomic E-state index is 12.2. The summed E-state index contributed by atoms with van der Waals surface area (Å²) in [5.41, 5.74) is 2.88. The number of hydrogen-bond donors (Lipinski definition) is 0. The molecule has 0 spiro atoms. The van der Waals surface area contributed by atoms with Gasteiger partial charge in [0, 0.05) is 10.5 Å². The van der Waals surface area contributed by atoms with Gasteiger partial charge in [-0.25, -0.2) is 0 Å². The quantitative estimate of drug-likeness (QED) is 0.779. The molecule has 0 bridgehead atoms. The van der Waals surface area contributed by atoms with E-state index in [1.54, 1.807) is 6.07 Å². The molecule has 2 aromatic carbocycles. The minimum atomic E-state index is -1.29. The van der Waals surface area contributed by atoms with Crippen LogP contribution in [0.1, 0.15) is 41.3 Å². The van der Waals surface area contributed by atoms with Gasteiger partial charge < -0.3 is 0 Å². The van der Waals surface area contributed by atoms with Gasteiger partial charge in [-0.1, -0.05) is 50.2 Å². The Kier molecular flexibility index (Phi) is 5.07. The molecule has 1 unspecified atom stereocenters. The fourth-order valence-corrected chi connectivity index (χ4v) is 3.22. The summed E-state index contributed by atoms with van der Waals surface area (Å²) in [5, 5.41) is 0. The molecule has 0 amide bonds. The monoisotopic (exact) mass is 300 g/mol. The second-order valence-corrected chi connectivity index (χ2v) is 6.96. The van der Waals surface area contributed by atoms with Gasteiger partial charge >= 0.3 is 0 Å². The Morgan fingerprint density at radius 2 is 1.76 bits per heavy atom. The third kappa shape index (κ3) is 4.11. The summed E-state index contributed by atoms with van der Waals surface area (Å²) >= 11 is 0. The Morgan fingerprint density at radius 3 is 2.33 bits per heavy atom. The number of Topliss-reactive ketones (excluding diaryl/α,β-unsaturated/α-hetero) is 1. The molecule has 0 aliphatic rings. The van der Waals surface area contributed by atoms with Crippen LogP contribution in [-0.2, 0) is 10.8 Å². The molecule has 0 saturated heterocycles. The highest BCUT2D eigenvalue weighted by Gasteiger charge is 2.12. The highest BCUT2D eigenvalue weighted by atomic mass is 32.2. The van der Waals surface area contributed by atoms with Crippen molar-refractivity contribution in [2.75, 3.05) is 5.75 Å². The average Bonchev–Trinajstić information content (AvgIpc) is 2.47. The Bertz CT molecular complexity index is 657. The van der Waals surface area contributed by atoms with E-state index in [1.807, 2.05) is 49.4 Å². The van der Waals surface area contributed by atoms with Crippen molar-refractivity contribution in [3.63, 3.8) is 0 Å². The van der Waals surface area contributed by atoms with Crippen LogP contribution in [0.5, 0.6) is 0 Å². The number of aryl methyl sites for hydroxylation is 1. The second kappa shape index (κ2) is 6.81. The lowest BCUT2D eigenvalue weighted by atomic mass is 10.0. The lowest BCUT2D eigenvalue weighted by molar-refractivity contribution is 0.102. The smallest absolute Gasteiger partial charge is 0.175 e. The fraction of sp³-hybridized carbons (Fsp3) is 0.278. The van der Waals surface area contributed by atoms with Crippen molar-refractivity contribution in [3.05, 3.63) is 65.2 Å². The molecule has 0 N–H and O–H groups in total. The lowest BCUT2D eigenvalue weighted by Crippen LogP contribution is -2.11. The summed E-state index contributed by atoms with van der Waals surface area (Å²) in [6.45, 7) is 6.18. The zero-order valence-electron chi connectivity index (χ0n) is 12.6. The SMILES string of the molecule is Cc1cccc(S(=O)CC(=O)c2ccc(C(C)C)cc2)c1. The van der Waals surface area contributed by atoms with Crippen LogP contribution in [0.15, 0.2) is 53.4 Å². The van der Waals surface area contributed by atoms with Gasteiger partial charge in [-0.15, -0.1) is 0 Å². The van der Waals surface area contributed by atoms with Crippen LogP contribution >= 0.6 is 0 Å². The Hall–Kier alpha value is -1.74. The summed E-state index contributed by atoms with van der Waals surface area (Å²) in [6.07, 6.45) is 0. The standard InChI is InChI=1S/C18H20O2S/c1-13(2)15-7-9-16(10-8-15)18(19)12-21(20)17-6-4-5-14(3)11-17/h4-11,13H,12H2,1-3H3. The fourth-order valence-electron chi connectivity index (χ4n) is 2.10. The molecule has 2 rings (SSSR count). The van der Waals surface area contributed by atoms with Crippen molar-refractivity contribution in [2.24, 2.45) is 0 Å². The van der Waals surface area contributed by atoms with Crippen molar-refractivity contribution in [1.29, 1.82) is 0 Å². The van der Waals surface area contributed by atoms with Crippen LogP contribution in [0, 0.1) is 6.92 Å². The summed E-state index contributed by atoms with van der Waals surface area (Å²) < 4.78 is 12.2. The average molecular weight is 300 g/mol. The largest absolute Gasteiger partial charge is 0.293 e. The second-order valence-electron chi connectivity index (χ2n) is 5.51. The first-order valence-electron chi connectivity index (χ1n) is 7.05. The molecule has 0 saturated carbocycles. The molecule has 0 fully saturated rings. The number of carbonyl (C=O) groups excluding carboxylic acids is 1. The molecular weight excluding hydrogens is 280 g/mol. The van der Waals surface area contributed by atoms with Crippen molar-refractivity contribution in [3.8, 4) is 0 Å². The van der Waals surface area contributed by atoms with E-state index in [9.17, 15) is 9.00 Å². The van der Waals surface area contributed by atoms with Gasteiger partial charge in [-0.3, -0.25) is 9.00 Å². The van der Waals surface area contributed by atoms with Gasteiger partial charge in [0.25, 0.3) is 0 Å². The topological polar surface area (TPSA) is 34.1 Å². The van der Waals surface area contributed by atoms with Crippen LogP contribution in [0.3, 0.4) is 0 Å². The summed E-state index contributed by atoms with van der Waals surface area (Å²) in [7, 11) is -1.29. The summed E-state index contributed by atoms with van der Waals surface area (Å²) in [4.78, 5) is 12.9. The Morgan fingerprint density at radius 1 is 1.10 bits per heavy atom. The van der Waals surface area contributed by atoms with Gasteiger partial charge in [-0.05, 0) is 36.1 Å². The molecule has 0 heterocycles. The Balaban J connectivity index is 2.09. The van der Waals surface area contributed by atoms with Gasteiger partial charge in [0.15, 0.2) is 5.78 Å². The van der Waals surface area contributed by atoms with Crippen LogP contribution < -0.4 is 0 Å². The van der Waals surface area contributed by atoms with Crippen LogP contribution in [0.4, 0.5) is 0 Å². The molecule has 0 aliphatic carbocycles. The Labute approximate surface area is 128 Å². The summed E-state index contributed by atoms with van der Waals surface area (Å²) in [6, 6.07) is 15.1. The van der Waals surface area contributed by atoms with E-state index in [0.29, 0.717) is 16.4 Å². The lowest BCUT2D eigenvalue weighted by Gasteiger charge is -2.07. The highest BCUT2D eigenvalue weighted by Crippen LogP contribution is 2.16. The van der Waals surface area contributed by atoms with Crippen molar-refractivity contribution < 1.29 is 9.00 Å². The van der Waals surface area contributed by atoms with Crippen LogP contribution in [0.25, 0.3) is 0 Å². The molecule has 110 valence electrons. The maximum Gasteiger partial charge on any atom is 0.175 e. The van der Waals surface area contributed by atoms with Gasteiger partial charge in [0.05, 0.1) is 16.6 Å². The first-order valence-corrected chi connectivity index (χ1v) is 8.37. The first-order chi connectivity index (χ1) is 9.97. The molecule has 3 heteroatoms.